The number of aliphatic hydroxyl groups is 1. The van der Waals surface area contributed by atoms with Crippen molar-refractivity contribution in [3.05, 3.63) is 52.7 Å². The summed E-state index contributed by atoms with van der Waals surface area (Å²) in [7, 11) is 0. The first-order valence-electron chi connectivity index (χ1n) is 6.44. The van der Waals surface area contributed by atoms with Crippen LogP contribution in [0.5, 0.6) is 0 Å². The summed E-state index contributed by atoms with van der Waals surface area (Å²) in [6, 6.07) is 7.90. The van der Waals surface area contributed by atoms with E-state index in [1.807, 2.05) is 45.0 Å². The third kappa shape index (κ3) is 3.66. The van der Waals surface area contributed by atoms with Gasteiger partial charge in [-0.05, 0) is 19.4 Å². The Morgan fingerprint density at radius 3 is 2.74 bits per heavy atom. The van der Waals surface area contributed by atoms with Gasteiger partial charge in [0.05, 0.1) is 18.3 Å². The highest BCUT2D eigenvalue weighted by atomic mass is 16.4. The molecule has 0 radical (unpaired) electrons. The number of hydrogen-bond donors (Lipinski definition) is 2. The van der Waals surface area contributed by atoms with E-state index >= 15 is 0 Å². The van der Waals surface area contributed by atoms with Crippen molar-refractivity contribution in [2.45, 2.75) is 33.4 Å². The van der Waals surface area contributed by atoms with Gasteiger partial charge in [-0.15, -0.1) is 0 Å². The molecule has 0 saturated carbocycles. The molecule has 1 atom stereocenters. The standard InChI is InChI=1S/C15H20N2O2/c1-10-5-4-6-13(7-10)14(18)8-16-9-15-11(2)17-12(3)19-15/h4-7,14,16,18H,8-9H2,1-3H3. The lowest BCUT2D eigenvalue weighted by Gasteiger charge is -2.12. The first-order chi connectivity index (χ1) is 9.06. The van der Waals surface area contributed by atoms with Crippen LogP contribution in [0.15, 0.2) is 28.7 Å². The van der Waals surface area contributed by atoms with Gasteiger partial charge in [0, 0.05) is 13.5 Å². The van der Waals surface area contributed by atoms with E-state index in [9.17, 15) is 5.11 Å². The summed E-state index contributed by atoms with van der Waals surface area (Å²) < 4.78 is 5.47. The molecule has 0 saturated heterocycles. The topological polar surface area (TPSA) is 58.3 Å². The number of aryl methyl sites for hydroxylation is 3. The van der Waals surface area contributed by atoms with Gasteiger partial charge in [0.1, 0.15) is 5.76 Å². The van der Waals surface area contributed by atoms with Crippen LogP contribution < -0.4 is 5.32 Å². The lowest BCUT2D eigenvalue weighted by molar-refractivity contribution is 0.173. The number of nitrogens with one attached hydrogen (secondary N) is 1. The largest absolute Gasteiger partial charge is 0.444 e. The van der Waals surface area contributed by atoms with Gasteiger partial charge in [0.25, 0.3) is 0 Å². The van der Waals surface area contributed by atoms with Crippen LogP contribution in [0, 0.1) is 20.8 Å². The van der Waals surface area contributed by atoms with Crippen molar-refractivity contribution in [1.29, 1.82) is 0 Å². The second-order valence-electron chi connectivity index (χ2n) is 4.80. The smallest absolute Gasteiger partial charge is 0.191 e. The van der Waals surface area contributed by atoms with E-state index in [0.29, 0.717) is 19.0 Å². The molecule has 1 aromatic carbocycles. The molecule has 0 bridgehead atoms. The summed E-state index contributed by atoms with van der Waals surface area (Å²) in [5.74, 6) is 1.50. The van der Waals surface area contributed by atoms with Gasteiger partial charge in [0.15, 0.2) is 5.89 Å². The van der Waals surface area contributed by atoms with Crippen LogP contribution in [0.2, 0.25) is 0 Å². The predicted molar refractivity (Wildman–Crippen MR) is 73.8 cm³/mol. The second kappa shape index (κ2) is 5.99. The van der Waals surface area contributed by atoms with E-state index in [2.05, 4.69) is 10.3 Å². The molecule has 1 aromatic heterocycles. The molecule has 0 aliphatic carbocycles. The van der Waals surface area contributed by atoms with Gasteiger partial charge in [-0.1, -0.05) is 29.8 Å². The van der Waals surface area contributed by atoms with Gasteiger partial charge < -0.3 is 14.8 Å². The Hall–Kier alpha value is -1.65. The molecule has 4 nitrogen and oxygen atoms in total. The normalized spacial score (nSPS) is 12.6. The van der Waals surface area contributed by atoms with Crippen LogP contribution in [0.4, 0.5) is 0 Å². The van der Waals surface area contributed by atoms with E-state index < -0.39 is 6.10 Å². The lowest BCUT2D eigenvalue weighted by atomic mass is 10.1. The molecule has 0 fully saturated rings. The summed E-state index contributed by atoms with van der Waals surface area (Å²) in [6.07, 6.45) is -0.510. The summed E-state index contributed by atoms with van der Waals surface area (Å²) in [6.45, 7) is 6.84. The molecular weight excluding hydrogens is 240 g/mol. The van der Waals surface area contributed by atoms with Crippen molar-refractivity contribution >= 4 is 0 Å². The van der Waals surface area contributed by atoms with Gasteiger partial charge in [0.2, 0.25) is 0 Å². The van der Waals surface area contributed by atoms with Crippen molar-refractivity contribution in [1.82, 2.24) is 10.3 Å². The first-order valence-corrected chi connectivity index (χ1v) is 6.44. The van der Waals surface area contributed by atoms with Crippen molar-refractivity contribution in [2.24, 2.45) is 0 Å². The number of hydrogen-bond acceptors (Lipinski definition) is 4. The maximum Gasteiger partial charge on any atom is 0.191 e. The highest BCUT2D eigenvalue weighted by Crippen LogP contribution is 2.14. The maximum absolute atomic E-state index is 10.1. The third-order valence-corrected chi connectivity index (χ3v) is 3.05. The van der Waals surface area contributed by atoms with Crippen LogP contribution in [0.1, 0.15) is 34.6 Å². The highest BCUT2D eigenvalue weighted by Gasteiger charge is 2.09. The van der Waals surface area contributed by atoms with Crippen LogP contribution in [0.3, 0.4) is 0 Å². The predicted octanol–water partition coefficient (Wildman–Crippen LogP) is 2.42. The molecule has 0 amide bonds. The monoisotopic (exact) mass is 260 g/mol. The van der Waals surface area contributed by atoms with E-state index in [4.69, 9.17) is 4.42 Å². The molecule has 0 aliphatic heterocycles. The van der Waals surface area contributed by atoms with Crippen LogP contribution >= 0.6 is 0 Å². The maximum atomic E-state index is 10.1. The molecule has 2 N–H and O–H groups in total. The molecule has 0 spiro atoms. The zero-order chi connectivity index (χ0) is 13.8. The third-order valence-electron chi connectivity index (χ3n) is 3.05. The minimum atomic E-state index is -0.510. The van der Waals surface area contributed by atoms with Gasteiger partial charge in [-0.2, -0.15) is 0 Å². The number of aromatic nitrogens is 1. The Kier molecular flexibility index (Phi) is 4.35. The fraction of sp³-hybridized carbons (Fsp3) is 0.400. The van der Waals surface area contributed by atoms with Crippen molar-refractivity contribution < 1.29 is 9.52 Å². The van der Waals surface area contributed by atoms with Crippen molar-refractivity contribution in [3.63, 3.8) is 0 Å². The minimum Gasteiger partial charge on any atom is -0.444 e. The fourth-order valence-corrected chi connectivity index (χ4v) is 2.06. The van der Waals surface area contributed by atoms with Gasteiger partial charge in [-0.3, -0.25) is 0 Å². The highest BCUT2D eigenvalue weighted by molar-refractivity contribution is 5.24. The molecule has 1 unspecified atom stereocenters. The Bertz CT molecular complexity index is 549. The average Bonchev–Trinajstić information content (AvgIpc) is 2.68. The fourth-order valence-electron chi connectivity index (χ4n) is 2.06. The Labute approximate surface area is 113 Å². The molecule has 4 heteroatoms. The molecule has 2 rings (SSSR count). The van der Waals surface area contributed by atoms with Crippen molar-refractivity contribution in [3.8, 4) is 0 Å². The molecule has 102 valence electrons. The lowest BCUT2D eigenvalue weighted by Crippen LogP contribution is -2.21. The summed E-state index contributed by atoms with van der Waals surface area (Å²) in [4.78, 5) is 4.21. The Balaban J connectivity index is 1.87. The zero-order valence-electron chi connectivity index (χ0n) is 11.6. The molecule has 19 heavy (non-hydrogen) atoms. The summed E-state index contributed by atoms with van der Waals surface area (Å²) in [5, 5.41) is 13.3. The van der Waals surface area contributed by atoms with Gasteiger partial charge in [-0.25, -0.2) is 4.98 Å². The zero-order valence-corrected chi connectivity index (χ0v) is 11.6. The van der Waals surface area contributed by atoms with E-state index in [0.717, 1.165) is 22.6 Å². The second-order valence-corrected chi connectivity index (χ2v) is 4.80. The number of oxazole rings is 1. The Morgan fingerprint density at radius 1 is 1.32 bits per heavy atom. The molecule has 1 heterocycles. The molecule has 2 aromatic rings. The van der Waals surface area contributed by atoms with Gasteiger partial charge >= 0.3 is 0 Å². The SMILES string of the molecule is Cc1cccc(C(O)CNCc2oc(C)nc2C)c1. The van der Waals surface area contributed by atoms with E-state index in [1.165, 1.54) is 0 Å². The average molecular weight is 260 g/mol. The summed E-state index contributed by atoms with van der Waals surface area (Å²) in [5.41, 5.74) is 2.98. The molecule has 0 aliphatic rings. The quantitative estimate of drug-likeness (QED) is 0.867. The van der Waals surface area contributed by atoms with E-state index in [1.54, 1.807) is 0 Å². The van der Waals surface area contributed by atoms with Crippen LogP contribution in [-0.2, 0) is 6.54 Å². The number of benzene rings is 1. The Morgan fingerprint density at radius 2 is 2.11 bits per heavy atom. The molecular formula is C15H20N2O2. The van der Waals surface area contributed by atoms with Crippen molar-refractivity contribution in [2.75, 3.05) is 6.54 Å². The van der Waals surface area contributed by atoms with Crippen LogP contribution in [0.25, 0.3) is 0 Å². The minimum absolute atomic E-state index is 0.489. The number of rotatable bonds is 5. The van der Waals surface area contributed by atoms with E-state index in [-0.39, 0.29) is 0 Å². The number of nitrogens with zero attached hydrogens (tertiary/aromatic N) is 1. The van der Waals surface area contributed by atoms with Crippen LogP contribution in [-0.4, -0.2) is 16.6 Å². The number of aliphatic hydroxyl groups excluding tert-OH is 1. The first kappa shape index (κ1) is 13.8. The summed E-state index contributed by atoms with van der Waals surface area (Å²) >= 11 is 0.